The van der Waals surface area contributed by atoms with Gasteiger partial charge in [0.05, 0.1) is 20.3 Å². The Morgan fingerprint density at radius 2 is 1.68 bits per heavy atom. The van der Waals surface area contributed by atoms with E-state index in [0.29, 0.717) is 32.7 Å². The van der Waals surface area contributed by atoms with E-state index in [1.165, 1.54) is 0 Å². The second kappa shape index (κ2) is 12.2. The van der Waals surface area contributed by atoms with Gasteiger partial charge in [-0.1, -0.05) is 50.2 Å². The molecule has 182 valence electrons. The number of hydrogen-bond donors (Lipinski definition) is 1. The molecule has 0 aliphatic rings. The zero-order chi connectivity index (χ0) is 24.5. The summed E-state index contributed by atoms with van der Waals surface area (Å²) in [6.45, 7) is 5.39. The number of fused-ring (bicyclic) bond motifs is 1. The number of ether oxygens (including phenoxy) is 2. The molecule has 0 unspecified atom stereocenters. The molecule has 0 bridgehead atoms. The lowest BCUT2D eigenvalue weighted by molar-refractivity contribution is -0.143. The molecule has 7 nitrogen and oxygen atoms in total. The number of carbonyl (C=O) groups excluding carboxylic acids is 2. The Morgan fingerprint density at radius 3 is 2.41 bits per heavy atom. The molecular weight excluding hydrogens is 430 g/mol. The topological polar surface area (TPSA) is 74.9 Å². The van der Waals surface area contributed by atoms with Crippen LogP contribution in [0.3, 0.4) is 0 Å². The summed E-state index contributed by atoms with van der Waals surface area (Å²) in [5, 5.41) is 1.16. The lowest BCUT2D eigenvalue weighted by atomic mass is 10.1. The van der Waals surface area contributed by atoms with Gasteiger partial charge in [-0.15, -0.1) is 0 Å². The summed E-state index contributed by atoms with van der Waals surface area (Å²) in [6, 6.07) is 15.9. The van der Waals surface area contributed by atoms with Crippen LogP contribution in [0.15, 0.2) is 54.7 Å². The Balaban J connectivity index is 1.82. The van der Waals surface area contributed by atoms with Gasteiger partial charge in [-0.25, -0.2) is 0 Å². The molecule has 0 fully saturated rings. The number of H-pyrrole nitrogens is 1. The van der Waals surface area contributed by atoms with E-state index in [-0.39, 0.29) is 24.3 Å². The maximum atomic E-state index is 13.5. The highest BCUT2D eigenvalue weighted by Gasteiger charge is 2.24. The van der Waals surface area contributed by atoms with Crippen molar-refractivity contribution in [1.29, 1.82) is 0 Å². The number of para-hydroxylation sites is 2. The Labute approximate surface area is 201 Å². The third-order valence-corrected chi connectivity index (χ3v) is 5.93. The molecule has 3 rings (SSSR count). The van der Waals surface area contributed by atoms with Crippen LogP contribution in [-0.4, -0.2) is 67.1 Å². The standard InChI is InChI=1S/C27H35N3O4/c1-20(2)27(32)30(15-16-33-3)19-26(31)29(18-22-9-5-8-12-25(22)34-4)14-13-21-17-28-24-11-7-6-10-23(21)24/h5-12,17,20,28H,13-16,18-19H2,1-4H3. The van der Waals surface area contributed by atoms with E-state index in [0.717, 1.165) is 27.8 Å². The molecule has 1 N–H and O–H groups in total. The fourth-order valence-corrected chi connectivity index (χ4v) is 4.02. The number of nitrogens with zero attached hydrogens (tertiary/aromatic N) is 2. The number of benzene rings is 2. The highest BCUT2D eigenvalue weighted by Crippen LogP contribution is 2.22. The van der Waals surface area contributed by atoms with Crippen LogP contribution < -0.4 is 4.74 Å². The number of aromatic amines is 1. The smallest absolute Gasteiger partial charge is 0.242 e. The fraction of sp³-hybridized carbons (Fsp3) is 0.407. The van der Waals surface area contributed by atoms with Crippen molar-refractivity contribution in [3.8, 4) is 5.75 Å². The molecule has 0 spiro atoms. The predicted molar refractivity (Wildman–Crippen MR) is 134 cm³/mol. The second-order valence-corrected chi connectivity index (χ2v) is 8.64. The van der Waals surface area contributed by atoms with Crippen molar-refractivity contribution in [3.63, 3.8) is 0 Å². The number of nitrogens with one attached hydrogen (secondary N) is 1. The minimum Gasteiger partial charge on any atom is -0.496 e. The molecule has 0 atom stereocenters. The number of methoxy groups -OCH3 is 2. The van der Waals surface area contributed by atoms with Crippen molar-refractivity contribution in [1.82, 2.24) is 14.8 Å². The molecule has 2 amide bonds. The molecule has 34 heavy (non-hydrogen) atoms. The van der Waals surface area contributed by atoms with Crippen molar-refractivity contribution in [2.45, 2.75) is 26.8 Å². The Kier molecular flexibility index (Phi) is 9.10. The highest BCUT2D eigenvalue weighted by atomic mass is 16.5. The summed E-state index contributed by atoms with van der Waals surface area (Å²) in [7, 11) is 3.22. The van der Waals surface area contributed by atoms with Crippen molar-refractivity contribution in [3.05, 3.63) is 65.9 Å². The second-order valence-electron chi connectivity index (χ2n) is 8.64. The van der Waals surface area contributed by atoms with Crippen LogP contribution in [0.5, 0.6) is 5.75 Å². The minimum absolute atomic E-state index is 0.0173. The van der Waals surface area contributed by atoms with Gasteiger partial charge in [-0.2, -0.15) is 0 Å². The van der Waals surface area contributed by atoms with Gasteiger partial charge < -0.3 is 24.3 Å². The van der Waals surface area contributed by atoms with Gasteiger partial charge in [0, 0.05) is 55.3 Å². The molecule has 0 saturated heterocycles. The van der Waals surface area contributed by atoms with Crippen LogP contribution in [0, 0.1) is 5.92 Å². The third kappa shape index (κ3) is 6.38. The van der Waals surface area contributed by atoms with Crippen LogP contribution in [0.1, 0.15) is 25.0 Å². The lowest BCUT2D eigenvalue weighted by Gasteiger charge is -2.29. The summed E-state index contributed by atoms with van der Waals surface area (Å²) < 4.78 is 10.7. The van der Waals surface area contributed by atoms with Gasteiger partial charge in [0.25, 0.3) is 0 Å². The summed E-state index contributed by atoms with van der Waals surface area (Å²) in [5.41, 5.74) is 3.16. The van der Waals surface area contributed by atoms with Gasteiger partial charge in [-0.05, 0) is 24.1 Å². The molecule has 1 heterocycles. The largest absolute Gasteiger partial charge is 0.496 e. The predicted octanol–water partition coefficient (Wildman–Crippen LogP) is 3.88. The number of aromatic nitrogens is 1. The van der Waals surface area contributed by atoms with Crippen LogP contribution >= 0.6 is 0 Å². The Morgan fingerprint density at radius 1 is 0.941 bits per heavy atom. The molecule has 1 aromatic heterocycles. The monoisotopic (exact) mass is 465 g/mol. The van der Waals surface area contributed by atoms with Crippen molar-refractivity contribution >= 4 is 22.7 Å². The molecule has 2 aromatic carbocycles. The first-order valence-electron chi connectivity index (χ1n) is 11.7. The SMILES string of the molecule is COCCN(CC(=O)N(CCc1c[nH]c2ccccc12)Cc1ccccc1OC)C(=O)C(C)C. The van der Waals surface area contributed by atoms with Crippen LogP contribution in [-0.2, 0) is 27.3 Å². The van der Waals surface area contributed by atoms with Crippen LogP contribution in [0.25, 0.3) is 10.9 Å². The molecule has 7 heteroatoms. The van der Waals surface area contributed by atoms with Gasteiger partial charge in [-0.3, -0.25) is 9.59 Å². The van der Waals surface area contributed by atoms with E-state index in [1.807, 2.05) is 67.4 Å². The first-order valence-corrected chi connectivity index (χ1v) is 11.7. The van der Waals surface area contributed by atoms with Gasteiger partial charge >= 0.3 is 0 Å². The molecule has 0 aliphatic heterocycles. The van der Waals surface area contributed by atoms with E-state index in [4.69, 9.17) is 9.47 Å². The number of hydrogen-bond acceptors (Lipinski definition) is 4. The van der Waals surface area contributed by atoms with Crippen molar-refractivity contribution in [2.24, 2.45) is 5.92 Å². The summed E-state index contributed by atoms with van der Waals surface area (Å²) in [4.78, 5) is 33.0. The van der Waals surface area contributed by atoms with Gasteiger partial charge in [0.2, 0.25) is 11.8 Å². The van der Waals surface area contributed by atoms with Crippen LogP contribution in [0.2, 0.25) is 0 Å². The fourth-order valence-electron chi connectivity index (χ4n) is 4.02. The Bertz CT molecular complexity index is 1090. The van der Waals surface area contributed by atoms with E-state index in [9.17, 15) is 9.59 Å². The maximum Gasteiger partial charge on any atom is 0.242 e. The summed E-state index contributed by atoms with van der Waals surface area (Å²) in [5.74, 6) is 0.385. The van der Waals surface area contributed by atoms with Crippen molar-refractivity contribution in [2.75, 3.05) is 40.5 Å². The zero-order valence-corrected chi connectivity index (χ0v) is 20.5. The minimum atomic E-state index is -0.196. The van der Waals surface area contributed by atoms with E-state index in [2.05, 4.69) is 11.1 Å². The molecule has 0 saturated carbocycles. The Hall–Kier alpha value is -3.32. The quantitative estimate of drug-likeness (QED) is 0.441. The maximum absolute atomic E-state index is 13.5. The van der Waals surface area contributed by atoms with Crippen molar-refractivity contribution < 1.29 is 19.1 Å². The zero-order valence-electron chi connectivity index (χ0n) is 20.5. The summed E-state index contributed by atoms with van der Waals surface area (Å²) >= 11 is 0. The first kappa shape index (κ1) is 25.3. The number of rotatable bonds is 12. The average Bonchev–Trinajstić information content (AvgIpc) is 3.27. The average molecular weight is 466 g/mol. The molecule has 0 radical (unpaired) electrons. The third-order valence-electron chi connectivity index (χ3n) is 5.93. The van der Waals surface area contributed by atoms with Crippen LogP contribution in [0.4, 0.5) is 0 Å². The number of amides is 2. The highest BCUT2D eigenvalue weighted by molar-refractivity contribution is 5.86. The first-order chi connectivity index (χ1) is 16.4. The molecule has 3 aromatic rings. The molecule has 0 aliphatic carbocycles. The lowest BCUT2D eigenvalue weighted by Crippen LogP contribution is -2.45. The molecular formula is C27H35N3O4. The van der Waals surface area contributed by atoms with Gasteiger partial charge in [0.15, 0.2) is 0 Å². The van der Waals surface area contributed by atoms with E-state index >= 15 is 0 Å². The van der Waals surface area contributed by atoms with Gasteiger partial charge in [0.1, 0.15) is 5.75 Å². The number of carbonyl (C=O) groups is 2. The normalized spacial score (nSPS) is 11.1. The van der Waals surface area contributed by atoms with E-state index < -0.39 is 0 Å². The summed E-state index contributed by atoms with van der Waals surface area (Å²) in [6.07, 6.45) is 2.70. The van der Waals surface area contributed by atoms with E-state index in [1.54, 1.807) is 19.1 Å².